The maximum atomic E-state index is 12.8. The number of hydrogen-bond acceptors (Lipinski definition) is 5. The van der Waals surface area contributed by atoms with Crippen molar-refractivity contribution in [2.75, 3.05) is 18.2 Å². The number of benzene rings is 2. The maximum absolute atomic E-state index is 12.8. The summed E-state index contributed by atoms with van der Waals surface area (Å²) in [5.41, 5.74) is 1.52. The minimum Gasteiger partial charge on any atom is -0.465 e. The van der Waals surface area contributed by atoms with E-state index >= 15 is 0 Å². The number of thioether (sulfide) groups is 1. The normalized spacial score (nSPS) is 10.7. The number of aromatic amines is 1. The average Bonchev–Trinajstić information content (AvgIpc) is 2.67. The summed E-state index contributed by atoms with van der Waals surface area (Å²) in [5.74, 6) is -1.03. The van der Waals surface area contributed by atoms with E-state index in [-0.39, 0.29) is 22.2 Å². The Morgan fingerprint density at radius 3 is 2.68 bits per heavy atom. The molecule has 1 aromatic heterocycles. The van der Waals surface area contributed by atoms with E-state index in [0.717, 1.165) is 17.3 Å². The third-order valence-electron chi connectivity index (χ3n) is 4.08. The Kier molecular flexibility index (Phi) is 6.06. The molecule has 0 bridgehead atoms. The molecule has 0 aliphatic carbocycles. The van der Waals surface area contributed by atoms with Gasteiger partial charge in [-0.1, -0.05) is 41.6 Å². The summed E-state index contributed by atoms with van der Waals surface area (Å²) in [6, 6.07) is 12.1. The average molecular weight is 417 g/mol. The lowest BCUT2D eigenvalue weighted by atomic mass is 10.1. The second kappa shape index (κ2) is 8.50. The number of carbonyl (C=O) groups excluding carboxylic acids is 2. The Bertz CT molecular complexity index is 1130. The molecule has 0 spiro atoms. The van der Waals surface area contributed by atoms with Crippen LogP contribution in [0.15, 0.2) is 52.3 Å². The first-order chi connectivity index (χ1) is 13.4. The molecule has 0 radical (unpaired) electrons. The topological polar surface area (TPSA) is 88.3 Å². The molecule has 2 aromatic carbocycles. The summed E-state index contributed by atoms with van der Waals surface area (Å²) in [4.78, 5) is 40.3. The molecule has 0 aliphatic rings. The quantitative estimate of drug-likeness (QED) is 0.484. The Balaban J connectivity index is 1.91. The number of anilines is 1. The van der Waals surface area contributed by atoms with Crippen molar-refractivity contribution in [3.8, 4) is 0 Å². The predicted octanol–water partition coefficient (Wildman–Crippen LogP) is 4.01. The fourth-order valence-corrected chi connectivity index (χ4v) is 3.70. The first-order valence-electron chi connectivity index (χ1n) is 8.33. The largest absolute Gasteiger partial charge is 0.465 e. The number of pyridine rings is 1. The van der Waals surface area contributed by atoms with E-state index in [1.807, 2.05) is 25.1 Å². The predicted molar refractivity (Wildman–Crippen MR) is 111 cm³/mol. The van der Waals surface area contributed by atoms with Gasteiger partial charge in [-0.05, 0) is 36.8 Å². The van der Waals surface area contributed by atoms with Crippen LogP contribution in [0.4, 0.5) is 5.69 Å². The zero-order valence-electron chi connectivity index (χ0n) is 15.2. The highest BCUT2D eigenvalue weighted by atomic mass is 35.5. The number of carbonyl (C=O) groups is 2. The Labute approximate surface area is 170 Å². The van der Waals surface area contributed by atoms with Gasteiger partial charge in [0.05, 0.1) is 23.4 Å². The van der Waals surface area contributed by atoms with Gasteiger partial charge < -0.3 is 15.0 Å². The van der Waals surface area contributed by atoms with Crippen LogP contribution in [0.5, 0.6) is 0 Å². The molecule has 0 saturated heterocycles. The number of hydrogen-bond donors (Lipinski definition) is 2. The van der Waals surface area contributed by atoms with Gasteiger partial charge in [-0.2, -0.15) is 0 Å². The second-order valence-corrected chi connectivity index (χ2v) is 7.41. The highest BCUT2D eigenvalue weighted by Crippen LogP contribution is 2.24. The molecule has 1 amide bonds. The van der Waals surface area contributed by atoms with E-state index in [2.05, 4.69) is 10.3 Å². The molecule has 0 atom stereocenters. The van der Waals surface area contributed by atoms with Gasteiger partial charge in [0.2, 0.25) is 11.3 Å². The van der Waals surface area contributed by atoms with Gasteiger partial charge in [0.1, 0.15) is 5.56 Å². The summed E-state index contributed by atoms with van der Waals surface area (Å²) in [6.45, 7) is 1.89. The van der Waals surface area contributed by atoms with Crippen molar-refractivity contribution >= 4 is 51.8 Å². The van der Waals surface area contributed by atoms with E-state index in [1.165, 1.54) is 7.11 Å². The van der Waals surface area contributed by atoms with E-state index < -0.39 is 11.4 Å². The van der Waals surface area contributed by atoms with Crippen LogP contribution in [0.25, 0.3) is 10.9 Å². The summed E-state index contributed by atoms with van der Waals surface area (Å²) < 4.78 is 4.75. The van der Waals surface area contributed by atoms with Crippen molar-refractivity contribution in [1.29, 1.82) is 0 Å². The van der Waals surface area contributed by atoms with E-state index in [1.54, 1.807) is 24.3 Å². The highest BCUT2D eigenvalue weighted by molar-refractivity contribution is 8.00. The number of fused-ring (bicyclic) bond motifs is 1. The van der Waals surface area contributed by atoms with Crippen LogP contribution in [0.3, 0.4) is 0 Å². The number of aromatic nitrogens is 1. The van der Waals surface area contributed by atoms with Crippen molar-refractivity contribution in [2.24, 2.45) is 0 Å². The summed E-state index contributed by atoms with van der Waals surface area (Å²) in [5, 5.41) is 3.84. The number of para-hydroxylation sites is 1. The number of esters is 1. The third-order valence-corrected chi connectivity index (χ3v) is 5.32. The van der Waals surface area contributed by atoms with Gasteiger partial charge in [0.15, 0.2) is 0 Å². The van der Waals surface area contributed by atoms with Gasteiger partial charge in [-0.25, -0.2) is 4.79 Å². The Morgan fingerprint density at radius 2 is 1.96 bits per heavy atom. The lowest BCUT2D eigenvalue weighted by Crippen LogP contribution is -2.20. The first-order valence-corrected chi connectivity index (χ1v) is 9.69. The number of halogens is 1. The zero-order chi connectivity index (χ0) is 20.3. The zero-order valence-corrected chi connectivity index (χ0v) is 16.7. The molecule has 6 nitrogen and oxygen atoms in total. The lowest BCUT2D eigenvalue weighted by Gasteiger charge is -2.11. The van der Waals surface area contributed by atoms with E-state index in [4.69, 9.17) is 16.3 Å². The van der Waals surface area contributed by atoms with Gasteiger partial charge in [-0.3, -0.25) is 9.59 Å². The van der Waals surface area contributed by atoms with Crippen molar-refractivity contribution < 1.29 is 14.3 Å². The maximum Gasteiger partial charge on any atom is 0.344 e. The van der Waals surface area contributed by atoms with Gasteiger partial charge in [0, 0.05) is 16.1 Å². The van der Waals surface area contributed by atoms with Crippen LogP contribution in [0.1, 0.15) is 15.9 Å². The minimum absolute atomic E-state index is 0.000338. The van der Waals surface area contributed by atoms with E-state index in [9.17, 15) is 14.4 Å². The van der Waals surface area contributed by atoms with Crippen LogP contribution >= 0.6 is 23.4 Å². The number of amides is 1. The van der Waals surface area contributed by atoms with Crippen LogP contribution < -0.4 is 10.7 Å². The Morgan fingerprint density at radius 1 is 1.21 bits per heavy atom. The molecule has 8 heteroatoms. The summed E-state index contributed by atoms with van der Waals surface area (Å²) in [6.07, 6.45) is 0. The summed E-state index contributed by atoms with van der Waals surface area (Å²) >= 11 is 7.05. The molecule has 3 rings (SSSR count). The molecule has 144 valence electrons. The lowest BCUT2D eigenvalue weighted by molar-refractivity contribution is -0.113. The van der Waals surface area contributed by atoms with Crippen molar-refractivity contribution in [3.63, 3.8) is 0 Å². The van der Waals surface area contributed by atoms with Gasteiger partial charge in [-0.15, -0.1) is 0 Å². The second-order valence-electron chi connectivity index (χ2n) is 5.99. The molecular weight excluding hydrogens is 400 g/mol. The molecule has 1 heterocycles. The molecule has 3 aromatic rings. The Hall–Kier alpha value is -2.77. The molecule has 0 unspecified atom stereocenters. The monoisotopic (exact) mass is 416 g/mol. The molecule has 0 fully saturated rings. The number of nitrogens with one attached hydrogen (secondary N) is 2. The van der Waals surface area contributed by atoms with E-state index in [0.29, 0.717) is 21.6 Å². The number of ether oxygens (including phenoxy) is 1. The smallest absolute Gasteiger partial charge is 0.344 e. The van der Waals surface area contributed by atoms with Gasteiger partial charge in [0.25, 0.3) is 0 Å². The SMILES string of the molecule is COC(=O)c1c(SCC(=O)Nc2ccccc2C)[nH]c2cc(Cl)ccc2c1=O. The van der Waals surface area contributed by atoms with Crippen molar-refractivity contribution in [2.45, 2.75) is 11.9 Å². The molecule has 0 aliphatic heterocycles. The number of rotatable bonds is 5. The third kappa shape index (κ3) is 4.21. The summed E-state index contributed by atoms with van der Waals surface area (Å²) in [7, 11) is 1.20. The molecule has 2 N–H and O–H groups in total. The molecule has 28 heavy (non-hydrogen) atoms. The van der Waals surface area contributed by atoms with Crippen molar-refractivity contribution in [1.82, 2.24) is 4.98 Å². The number of H-pyrrole nitrogens is 1. The standard InChI is InChI=1S/C20H17ClN2O4S/c1-11-5-3-4-6-14(11)22-16(24)10-28-19-17(20(26)27-2)18(25)13-8-7-12(21)9-15(13)23-19/h3-9H,10H2,1-2H3,(H,22,24)(H,23,25). The van der Waals surface area contributed by atoms with Crippen molar-refractivity contribution in [3.05, 3.63) is 68.8 Å². The number of methoxy groups -OCH3 is 1. The fraction of sp³-hybridized carbons (Fsp3) is 0.150. The van der Waals surface area contributed by atoms with Crippen LogP contribution in [-0.2, 0) is 9.53 Å². The van der Waals surface area contributed by atoms with Gasteiger partial charge >= 0.3 is 5.97 Å². The molecular formula is C20H17ClN2O4S. The fourth-order valence-electron chi connectivity index (χ4n) is 2.67. The molecule has 0 saturated carbocycles. The van der Waals surface area contributed by atoms with Crippen LogP contribution in [0.2, 0.25) is 5.02 Å². The highest BCUT2D eigenvalue weighted by Gasteiger charge is 2.21. The van der Waals surface area contributed by atoms with Crippen LogP contribution in [-0.4, -0.2) is 29.7 Å². The minimum atomic E-state index is -0.764. The first kappa shape index (κ1) is 20.0. The number of aryl methyl sites for hydroxylation is 1. The van der Waals surface area contributed by atoms with Crippen LogP contribution in [0, 0.1) is 6.92 Å².